The molecule has 5 rings (SSSR count). The molecule has 1 atom stereocenters. The monoisotopic (exact) mass is 501 g/mol. The molecular formula is C26H19N3O4S2. The summed E-state index contributed by atoms with van der Waals surface area (Å²) < 4.78 is 2.02. The predicted molar refractivity (Wildman–Crippen MR) is 137 cm³/mol. The molecule has 1 aliphatic rings. The first kappa shape index (κ1) is 22.7. The van der Waals surface area contributed by atoms with Crippen molar-refractivity contribution < 1.29 is 14.7 Å². The van der Waals surface area contributed by atoms with E-state index < -0.39 is 12.0 Å². The third-order valence-corrected chi connectivity index (χ3v) is 7.47. The predicted octanol–water partition coefficient (Wildman–Crippen LogP) is 3.63. The largest absolute Gasteiger partial charge is 0.478 e. The van der Waals surface area contributed by atoms with Crippen LogP contribution in [0.15, 0.2) is 93.2 Å². The van der Waals surface area contributed by atoms with E-state index in [1.807, 2.05) is 35.7 Å². The van der Waals surface area contributed by atoms with Gasteiger partial charge in [-0.15, -0.1) is 11.3 Å². The fourth-order valence-electron chi connectivity index (χ4n) is 3.92. The van der Waals surface area contributed by atoms with Crippen molar-refractivity contribution in [3.8, 4) is 0 Å². The van der Waals surface area contributed by atoms with Gasteiger partial charge in [0.2, 0.25) is 0 Å². The van der Waals surface area contributed by atoms with Gasteiger partial charge in [-0.2, -0.15) is 0 Å². The van der Waals surface area contributed by atoms with Crippen molar-refractivity contribution >= 4 is 46.3 Å². The van der Waals surface area contributed by atoms with Crippen LogP contribution in [0.3, 0.4) is 0 Å². The molecule has 4 aromatic rings. The van der Waals surface area contributed by atoms with E-state index in [4.69, 9.17) is 5.11 Å². The van der Waals surface area contributed by atoms with Crippen molar-refractivity contribution in [1.29, 1.82) is 0 Å². The molecule has 2 N–H and O–H groups in total. The minimum atomic E-state index is -1.01. The first-order valence-corrected chi connectivity index (χ1v) is 12.4. The van der Waals surface area contributed by atoms with Crippen molar-refractivity contribution in [3.05, 3.63) is 119 Å². The summed E-state index contributed by atoms with van der Waals surface area (Å²) in [4.78, 5) is 44.1. The number of nitrogens with zero attached hydrogens (tertiary/aromatic N) is 2. The summed E-state index contributed by atoms with van der Waals surface area (Å²) in [5, 5.41) is 14.0. The summed E-state index contributed by atoms with van der Waals surface area (Å²) in [6.07, 6.45) is 1.71. The van der Waals surface area contributed by atoms with E-state index in [0.717, 1.165) is 4.88 Å². The lowest BCUT2D eigenvalue weighted by Gasteiger charge is -2.24. The number of carbonyl (C=O) groups is 2. The Kier molecular flexibility index (Phi) is 6.02. The topological polar surface area (TPSA) is 101 Å². The zero-order valence-corrected chi connectivity index (χ0v) is 20.1. The summed E-state index contributed by atoms with van der Waals surface area (Å²) in [6, 6.07) is 18.7. The highest BCUT2D eigenvalue weighted by Gasteiger charge is 2.33. The maximum atomic E-state index is 13.6. The number of aromatic nitrogens is 1. The summed E-state index contributed by atoms with van der Waals surface area (Å²) in [7, 11) is 0. The second-order valence-electron chi connectivity index (χ2n) is 7.84. The molecule has 0 spiro atoms. The molecule has 0 fully saturated rings. The smallest absolute Gasteiger partial charge is 0.335 e. The number of carboxylic acids is 1. The van der Waals surface area contributed by atoms with E-state index in [2.05, 4.69) is 10.3 Å². The van der Waals surface area contributed by atoms with Crippen LogP contribution in [0.5, 0.6) is 0 Å². The standard InChI is InChI=1S/C26H19N3O4S2/c1-15-21(23(30)28-18-6-3-2-4-7-18)22(19-8-5-13-34-19)29-24(31)20(35-26(29)27-15)14-16-9-11-17(12-10-16)25(32)33/h2-14,22H,1H3,(H,28,30)(H,32,33)/b20-14-/t22-/m1/s1. The molecule has 35 heavy (non-hydrogen) atoms. The van der Waals surface area contributed by atoms with E-state index >= 15 is 0 Å². The lowest BCUT2D eigenvalue weighted by Crippen LogP contribution is -2.40. The Morgan fingerprint density at radius 2 is 1.80 bits per heavy atom. The van der Waals surface area contributed by atoms with Crippen LogP contribution in [0.25, 0.3) is 6.08 Å². The van der Waals surface area contributed by atoms with Crippen LogP contribution < -0.4 is 20.2 Å². The molecule has 9 heteroatoms. The number of aromatic carboxylic acids is 1. The molecular weight excluding hydrogens is 482 g/mol. The molecule has 0 saturated heterocycles. The number of benzene rings is 2. The first-order chi connectivity index (χ1) is 16.9. The van der Waals surface area contributed by atoms with Gasteiger partial charge >= 0.3 is 5.97 Å². The second kappa shape index (κ2) is 9.28. The normalized spacial score (nSPS) is 15.5. The van der Waals surface area contributed by atoms with Crippen LogP contribution >= 0.6 is 22.7 Å². The molecule has 174 valence electrons. The Morgan fingerprint density at radius 1 is 1.06 bits per heavy atom. The van der Waals surface area contributed by atoms with E-state index in [1.165, 1.54) is 34.8 Å². The zero-order chi connectivity index (χ0) is 24.5. The average Bonchev–Trinajstić information content (AvgIpc) is 3.48. The molecule has 3 heterocycles. The Morgan fingerprint density at radius 3 is 2.46 bits per heavy atom. The second-order valence-corrected chi connectivity index (χ2v) is 9.83. The lowest BCUT2D eigenvalue weighted by molar-refractivity contribution is -0.113. The quantitative estimate of drug-likeness (QED) is 0.436. The molecule has 2 aromatic heterocycles. The van der Waals surface area contributed by atoms with Crippen LogP contribution in [0, 0.1) is 0 Å². The van der Waals surface area contributed by atoms with Gasteiger partial charge in [-0.25, -0.2) is 9.79 Å². The number of carbonyl (C=O) groups excluding carboxylic acids is 1. The van der Waals surface area contributed by atoms with E-state index in [-0.39, 0.29) is 17.0 Å². The van der Waals surface area contributed by atoms with Gasteiger partial charge in [0.05, 0.1) is 21.4 Å². The summed E-state index contributed by atoms with van der Waals surface area (Å²) in [5.74, 6) is -1.32. The van der Waals surface area contributed by atoms with Gasteiger partial charge < -0.3 is 10.4 Å². The molecule has 1 amide bonds. The lowest BCUT2D eigenvalue weighted by atomic mass is 10.0. The van der Waals surface area contributed by atoms with Crippen molar-refractivity contribution in [1.82, 2.24) is 4.57 Å². The fourth-order valence-corrected chi connectivity index (χ4v) is 5.79. The third-order valence-electron chi connectivity index (χ3n) is 5.57. The van der Waals surface area contributed by atoms with E-state index in [9.17, 15) is 14.4 Å². The number of allylic oxidation sites excluding steroid dienone is 1. The molecule has 0 radical (unpaired) electrons. The highest BCUT2D eigenvalue weighted by molar-refractivity contribution is 7.10. The van der Waals surface area contributed by atoms with Gasteiger partial charge in [0, 0.05) is 10.6 Å². The molecule has 0 bridgehead atoms. The number of amides is 1. The third kappa shape index (κ3) is 4.39. The van der Waals surface area contributed by atoms with Crippen LogP contribution in [-0.2, 0) is 4.79 Å². The molecule has 2 aromatic carbocycles. The summed E-state index contributed by atoms with van der Waals surface area (Å²) in [5.41, 5.74) is 2.24. The summed E-state index contributed by atoms with van der Waals surface area (Å²) >= 11 is 2.71. The van der Waals surface area contributed by atoms with Gasteiger partial charge in [-0.3, -0.25) is 14.2 Å². The number of para-hydroxylation sites is 1. The van der Waals surface area contributed by atoms with Gasteiger partial charge in [-0.1, -0.05) is 47.7 Å². The van der Waals surface area contributed by atoms with Gasteiger partial charge in [-0.05, 0) is 54.3 Å². The van der Waals surface area contributed by atoms with Crippen LogP contribution in [-0.4, -0.2) is 21.6 Å². The highest BCUT2D eigenvalue weighted by atomic mass is 32.1. The van der Waals surface area contributed by atoms with Gasteiger partial charge in [0.25, 0.3) is 11.5 Å². The minimum absolute atomic E-state index is 0.172. The number of thiazole rings is 1. The number of hydrogen-bond donors (Lipinski definition) is 2. The number of rotatable bonds is 5. The fraction of sp³-hybridized carbons (Fsp3) is 0.0769. The Hall–Kier alpha value is -4.08. The number of fused-ring (bicyclic) bond motifs is 1. The van der Waals surface area contributed by atoms with Crippen LogP contribution in [0.1, 0.15) is 33.8 Å². The van der Waals surface area contributed by atoms with Gasteiger partial charge in [0.15, 0.2) is 4.80 Å². The number of anilines is 1. The van der Waals surface area contributed by atoms with Crippen molar-refractivity contribution in [2.75, 3.05) is 5.32 Å². The molecule has 7 nitrogen and oxygen atoms in total. The SMILES string of the molecule is CC1=C(C(=O)Nc2ccccc2)[C@@H](c2cccs2)n2c(s/c(=C\c3ccc(C(=O)O)cc3)c2=O)=N1. The highest BCUT2D eigenvalue weighted by Crippen LogP contribution is 2.33. The average molecular weight is 502 g/mol. The number of hydrogen-bond acceptors (Lipinski definition) is 6. The maximum Gasteiger partial charge on any atom is 0.335 e. The van der Waals surface area contributed by atoms with Gasteiger partial charge in [0.1, 0.15) is 6.04 Å². The number of thiophene rings is 1. The molecule has 0 saturated carbocycles. The Bertz CT molecular complexity index is 1630. The molecule has 0 aliphatic carbocycles. The first-order valence-electron chi connectivity index (χ1n) is 10.7. The molecule has 0 unspecified atom stereocenters. The van der Waals surface area contributed by atoms with Crippen molar-refractivity contribution in [2.24, 2.45) is 4.99 Å². The summed E-state index contributed by atoms with van der Waals surface area (Å²) in [6.45, 7) is 1.78. The Balaban J connectivity index is 1.62. The Labute approximate surface area is 207 Å². The number of carboxylic acid groups (broad SMARTS) is 1. The van der Waals surface area contributed by atoms with Crippen molar-refractivity contribution in [3.63, 3.8) is 0 Å². The van der Waals surface area contributed by atoms with E-state index in [1.54, 1.807) is 41.8 Å². The number of nitrogens with one attached hydrogen (secondary N) is 1. The van der Waals surface area contributed by atoms with E-state index in [0.29, 0.717) is 31.9 Å². The van der Waals surface area contributed by atoms with Crippen LogP contribution in [0.4, 0.5) is 5.69 Å². The molecule has 1 aliphatic heterocycles. The minimum Gasteiger partial charge on any atom is -0.478 e. The zero-order valence-electron chi connectivity index (χ0n) is 18.5. The maximum absolute atomic E-state index is 13.6. The van der Waals surface area contributed by atoms with Crippen LogP contribution in [0.2, 0.25) is 0 Å². The van der Waals surface area contributed by atoms with Crippen molar-refractivity contribution in [2.45, 2.75) is 13.0 Å².